The number of carbonyl (C=O) groups excluding carboxylic acids is 1. The number of hydrogen-bond acceptors (Lipinski definition) is 5. The summed E-state index contributed by atoms with van der Waals surface area (Å²) in [5, 5.41) is 7.46. The van der Waals surface area contributed by atoms with Crippen molar-refractivity contribution in [1.82, 2.24) is 9.88 Å². The van der Waals surface area contributed by atoms with Gasteiger partial charge in [0.2, 0.25) is 0 Å². The van der Waals surface area contributed by atoms with Crippen molar-refractivity contribution in [2.45, 2.75) is 45.3 Å². The summed E-state index contributed by atoms with van der Waals surface area (Å²) >= 11 is 5.87. The van der Waals surface area contributed by atoms with Crippen molar-refractivity contribution in [2.75, 3.05) is 13.2 Å². The average molecular weight is 371 g/mol. The van der Waals surface area contributed by atoms with Crippen LogP contribution in [0.5, 0.6) is 0 Å². The van der Waals surface area contributed by atoms with Gasteiger partial charge in [-0.1, -0.05) is 18.5 Å². The fourth-order valence-corrected chi connectivity index (χ4v) is 1.98. The van der Waals surface area contributed by atoms with Gasteiger partial charge in [0.05, 0.1) is 18.6 Å². The third-order valence-electron chi connectivity index (χ3n) is 3.59. The molecule has 1 unspecified atom stereocenters. The second-order valence-electron chi connectivity index (χ2n) is 6.00. The fraction of sp³-hybridized carbons (Fsp3) is 0.529. The molecule has 25 heavy (non-hydrogen) atoms. The number of aromatic nitrogens is 1. The monoisotopic (exact) mass is 370 g/mol. The van der Waals surface area contributed by atoms with E-state index in [9.17, 15) is 9.18 Å². The zero-order valence-corrected chi connectivity index (χ0v) is 15.5. The Morgan fingerprint density at radius 1 is 1.60 bits per heavy atom. The molecule has 6 nitrogen and oxygen atoms in total. The lowest BCUT2D eigenvalue weighted by atomic mass is 10.1. The summed E-state index contributed by atoms with van der Waals surface area (Å²) in [6, 6.07) is 2.50. The standard InChI is InChI=1S/C17H24ClFN4O2/c1-4-17(2,3)25-16(24)23(10-6-8-19)14(15(18)20)12-22-13-7-5-9-21-11-13/h5,7,9,11-12,14,20H,4,6,8,10H2,1-3H3. The van der Waals surface area contributed by atoms with Gasteiger partial charge < -0.3 is 4.74 Å². The highest BCUT2D eigenvalue weighted by molar-refractivity contribution is 6.67. The first-order valence-corrected chi connectivity index (χ1v) is 8.42. The van der Waals surface area contributed by atoms with Gasteiger partial charge in [-0.3, -0.25) is 24.7 Å². The Morgan fingerprint density at radius 2 is 2.32 bits per heavy atom. The average Bonchev–Trinajstić information content (AvgIpc) is 2.57. The Balaban J connectivity index is 3.03. The molecule has 0 aliphatic heterocycles. The molecule has 1 aromatic rings. The predicted octanol–water partition coefficient (Wildman–Crippen LogP) is 4.36. The lowest BCUT2D eigenvalue weighted by Crippen LogP contribution is -2.47. The van der Waals surface area contributed by atoms with Gasteiger partial charge in [-0.25, -0.2) is 4.79 Å². The van der Waals surface area contributed by atoms with Gasteiger partial charge in [0, 0.05) is 19.0 Å². The number of amides is 1. The van der Waals surface area contributed by atoms with Crippen molar-refractivity contribution >= 4 is 34.8 Å². The maximum absolute atomic E-state index is 12.6. The molecule has 0 aromatic carbocycles. The fourth-order valence-electron chi connectivity index (χ4n) is 1.81. The van der Waals surface area contributed by atoms with Crippen molar-refractivity contribution in [3.05, 3.63) is 24.5 Å². The molecule has 1 N–H and O–H groups in total. The van der Waals surface area contributed by atoms with Crippen molar-refractivity contribution in [3.8, 4) is 0 Å². The number of halogens is 2. The van der Waals surface area contributed by atoms with Gasteiger partial charge in [0.1, 0.15) is 16.8 Å². The molecule has 0 spiro atoms. The summed E-state index contributed by atoms with van der Waals surface area (Å²) in [6.07, 6.45) is 4.58. The van der Waals surface area contributed by atoms with E-state index in [1.165, 1.54) is 17.3 Å². The molecule has 1 heterocycles. The van der Waals surface area contributed by atoms with Gasteiger partial charge in [-0.2, -0.15) is 0 Å². The molecule has 0 saturated carbocycles. The molecule has 0 fully saturated rings. The Bertz CT molecular complexity index is 596. The maximum atomic E-state index is 12.6. The van der Waals surface area contributed by atoms with E-state index in [1.54, 1.807) is 32.2 Å². The maximum Gasteiger partial charge on any atom is 0.411 e. The molecule has 1 rings (SSSR count). The lowest BCUT2D eigenvalue weighted by molar-refractivity contribution is 0.0113. The number of rotatable bonds is 9. The molecule has 0 aliphatic carbocycles. The van der Waals surface area contributed by atoms with E-state index in [4.69, 9.17) is 21.7 Å². The largest absolute Gasteiger partial charge is 0.443 e. The number of ether oxygens (including phenoxy) is 1. The minimum absolute atomic E-state index is 0.0634. The van der Waals surface area contributed by atoms with Gasteiger partial charge >= 0.3 is 6.09 Å². The van der Waals surface area contributed by atoms with E-state index in [1.807, 2.05) is 6.92 Å². The summed E-state index contributed by atoms with van der Waals surface area (Å²) in [5.74, 6) is 0. The van der Waals surface area contributed by atoms with Crippen LogP contribution in [0.15, 0.2) is 29.5 Å². The number of nitrogens with zero attached hydrogens (tertiary/aromatic N) is 3. The number of hydrogen-bond donors (Lipinski definition) is 1. The van der Waals surface area contributed by atoms with Crippen LogP contribution in [0.25, 0.3) is 0 Å². The van der Waals surface area contributed by atoms with Crippen LogP contribution in [-0.2, 0) is 4.74 Å². The summed E-state index contributed by atoms with van der Waals surface area (Å²) < 4.78 is 18.1. The van der Waals surface area contributed by atoms with Crippen LogP contribution in [0.3, 0.4) is 0 Å². The van der Waals surface area contributed by atoms with Crippen LogP contribution in [0.4, 0.5) is 14.9 Å². The zero-order chi connectivity index (χ0) is 18.9. The van der Waals surface area contributed by atoms with E-state index in [2.05, 4.69) is 9.98 Å². The Labute approximate surface area is 152 Å². The zero-order valence-electron chi connectivity index (χ0n) is 14.7. The van der Waals surface area contributed by atoms with E-state index in [0.29, 0.717) is 12.1 Å². The van der Waals surface area contributed by atoms with E-state index in [0.717, 1.165) is 0 Å². The first-order valence-electron chi connectivity index (χ1n) is 8.04. The van der Waals surface area contributed by atoms with E-state index in [-0.39, 0.29) is 18.1 Å². The van der Waals surface area contributed by atoms with Gasteiger partial charge in [-0.05, 0) is 38.8 Å². The molecule has 1 amide bonds. The number of aliphatic imine (C=N–C) groups is 1. The predicted molar refractivity (Wildman–Crippen MR) is 97.9 cm³/mol. The van der Waals surface area contributed by atoms with Crippen LogP contribution in [0.1, 0.15) is 33.6 Å². The molecule has 0 saturated heterocycles. The normalized spacial score (nSPS) is 12.8. The highest BCUT2D eigenvalue weighted by atomic mass is 35.5. The molecule has 1 atom stereocenters. The number of alkyl halides is 1. The molecule has 0 bridgehead atoms. The SMILES string of the molecule is CCC(C)(C)OC(=O)N(CCCF)C(C=Nc1cccnc1)C(=N)Cl. The molecular formula is C17H24ClFN4O2. The number of pyridine rings is 1. The van der Waals surface area contributed by atoms with Gasteiger partial charge in [-0.15, -0.1) is 0 Å². The number of nitrogens with one attached hydrogen (secondary N) is 1. The van der Waals surface area contributed by atoms with Gasteiger partial charge in [0.25, 0.3) is 0 Å². The third kappa shape index (κ3) is 7.17. The van der Waals surface area contributed by atoms with Crippen molar-refractivity contribution in [1.29, 1.82) is 5.41 Å². The highest BCUT2D eigenvalue weighted by Gasteiger charge is 2.30. The first kappa shape index (κ1) is 21.0. The second kappa shape index (κ2) is 10.1. The van der Waals surface area contributed by atoms with Crippen LogP contribution in [0, 0.1) is 5.41 Å². The topological polar surface area (TPSA) is 78.6 Å². The molecule has 0 radical (unpaired) electrons. The second-order valence-corrected chi connectivity index (χ2v) is 6.41. The number of carbonyl (C=O) groups is 1. The minimum Gasteiger partial charge on any atom is -0.443 e. The minimum atomic E-state index is -0.937. The molecule has 138 valence electrons. The van der Waals surface area contributed by atoms with Crippen LogP contribution in [-0.4, -0.2) is 52.2 Å². The van der Waals surface area contributed by atoms with Crippen LogP contribution < -0.4 is 0 Å². The molecule has 1 aromatic heterocycles. The van der Waals surface area contributed by atoms with Crippen molar-refractivity contribution < 1.29 is 13.9 Å². The third-order valence-corrected chi connectivity index (χ3v) is 3.81. The summed E-state index contributed by atoms with van der Waals surface area (Å²) in [7, 11) is 0. The van der Waals surface area contributed by atoms with Crippen molar-refractivity contribution in [3.63, 3.8) is 0 Å². The molecular weight excluding hydrogens is 347 g/mol. The van der Waals surface area contributed by atoms with Gasteiger partial charge in [0.15, 0.2) is 0 Å². The smallest absolute Gasteiger partial charge is 0.411 e. The van der Waals surface area contributed by atoms with E-state index >= 15 is 0 Å². The Hall–Kier alpha value is -2.02. The van der Waals surface area contributed by atoms with E-state index < -0.39 is 24.4 Å². The quantitative estimate of drug-likeness (QED) is 0.656. The van der Waals surface area contributed by atoms with Crippen molar-refractivity contribution in [2.24, 2.45) is 4.99 Å². The summed E-state index contributed by atoms with van der Waals surface area (Å²) in [4.78, 5) is 21.9. The summed E-state index contributed by atoms with van der Waals surface area (Å²) in [6.45, 7) is 4.92. The van der Waals surface area contributed by atoms with Crippen LogP contribution >= 0.6 is 11.6 Å². The highest BCUT2D eigenvalue weighted by Crippen LogP contribution is 2.18. The molecule has 0 aliphatic rings. The van der Waals surface area contributed by atoms with Crippen LogP contribution in [0.2, 0.25) is 0 Å². The Morgan fingerprint density at radius 3 is 2.84 bits per heavy atom. The molecule has 8 heteroatoms. The Kier molecular flexibility index (Phi) is 8.48. The lowest BCUT2D eigenvalue weighted by Gasteiger charge is -2.32. The summed E-state index contributed by atoms with van der Waals surface area (Å²) in [5.41, 5.74) is -0.122. The first-order chi connectivity index (χ1) is 11.8.